The molecule has 1 aromatic rings. The molecule has 0 spiro atoms. The fraction of sp³-hybridized carbons (Fsp3) is 0.529. The highest BCUT2D eigenvalue weighted by Gasteiger charge is 2.18. The highest BCUT2D eigenvalue weighted by atomic mass is 32.2. The van der Waals surface area contributed by atoms with Crippen LogP contribution in [0.15, 0.2) is 24.3 Å². The second-order valence-corrected chi connectivity index (χ2v) is 6.49. The van der Waals surface area contributed by atoms with Crippen LogP contribution in [0.1, 0.15) is 18.9 Å². The zero-order valence-corrected chi connectivity index (χ0v) is 13.5. The summed E-state index contributed by atoms with van der Waals surface area (Å²) in [7, 11) is 0. The number of nitrogens with zero attached hydrogens (tertiary/aromatic N) is 1. The first-order chi connectivity index (χ1) is 10.3. The van der Waals surface area contributed by atoms with Crippen LogP contribution in [0.25, 0.3) is 0 Å². The lowest BCUT2D eigenvalue weighted by molar-refractivity contribution is 0.212. The summed E-state index contributed by atoms with van der Waals surface area (Å²) in [5.41, 5.74) is 6.34. The Morgan fingerprint density at radius 2 is 2.38 bits per heavy atom. The predicted molar refractivity (Wildman–Crippen MR) is 90.8 cm³/mol. The van der Waals surface area contributed by atoms with Gasteiger partial charge in [0.05, 0.1) is 6.54 Å². The molecule has 1 heterocycles. The molecule has 0 aliphatic carbocycles. The summed E-state index contributed by atoms with van der Waals surface area (Å²) in [6.07, 6.45) is 1.25. The Hall–Kier alpha value is -1.15. The van der Waals surface area contributed by atoms with Crippen molar-refractivity contribution in [2.45, 2.75) is 18.6 Å². The van der Waals surface area contributed by atoms with Crippen molar-refractivity contribution in [1.82, 2.24) is 4.90 Å². The van der Waals surface area contributed by atoms with Gasteiger partial charge in [-0.05, 0) is 24.6 Å². The Bertz CT molecular complexity index is 495. The Kier molecular flexibility index (Phi) is 6.94. The maximum atomic E-state index is 5.85. The fourth-order valence-electron chi connectivity index (χ4n) is 2.34. The molecule has 4 heteroatoms. The van der Waals surface area contributed by atoms with Crippen LogP contribution >= 0.6 is 11.8 Å². The highest BCUT2D eigenvalue weighted by molar-refractivity contribution is 8.00. The molecule has 21 heavy (non-hydrogen) atoms. The molecule has 1 atom stereocenters. The second kappa shape index (κ2) is 8.99. The lowest BCUT2D eigenvalue weighted by Gasteiger charge is -2.31. The third-order valence-corrected chi connectivity index (χ3v) is 4.90. The summed E-state index contributed by atoms with van der Waals surface area (Å²) >= 11 is 2.10. The van der Waals surface area contributed by atoms with Crippen LogP contribution < -0.4 is 10.5 Å². The van der Waals surface area contributed by atoms with Gasteiger partial charge in [0.1, 0.15) is 12.4 Å². The quantitative estimate of drug-likeness (QED) is 0.847. The minimum absolute atomic E-state index is 0.386. The van der Waals surface area contributed by atoms with Gasteiger partial charge in [-0.15, -0.1) is 0 Å². The van der Waals surface area contributed by atoms with Crippen LogP contribution in [-0.4, -0.2) is 48.7 Å². The van der Waals surface area contributed by atoms with Crippen molar-refractivity contribution >= 4 is 11.8 Å². The third kappa shape index (κ3) is 5.62. The zero-order valence-electron chi connectivity index (χ0n) is 12.7. The maximum Gasteiger partial charge on any atom is 0.120 e. The molecule has 0 radical (unpaired) electrons. The molecule has 0 saturated carbocycles. The van der Waals surface area contributed by atoms with Crippen molar-refractivity contribution in [2.24, 2.45) is 5.73 Å². The van der Waals surface area contributed by atoms with Gasteiger partial charge in [0.15, 0.2) is 0 Å². The first-order valence-electron chi connectivity index (χ1n) is 7.57. The molecule has 0 bridgehead atoms. The molecule has 3 nitrogen and oxygen atoms in total. The maximum absolute atomic E-state index is 5.85. The molecule has 1 fully saturated rings. The Labute approximate surface area is 132 Å². The van der Waals surface area contributed by atoms with Crippen molar-refractivity contribution in [1.29, 1.82) is 0 Å². The summed E-state index contributed by atoms with van der Waals surface area (Å²) < 4.78 is 5.85. The largest absolute Gasteiger partial charge is 0.492 e. The topological polar surface area (TPSA) is 38.5 Å². The summed E-state index contributed by atoms with van der Waals surface area (Å²) in [6.45, 7) is 6.74. The number of rotatable bonds is 5. The number of benzene rings is 1. The smallest absolute Gasteiger partial charge is 0.120 e. The monoisotopic (exact) mass is 304 g/mol. The van der Waals surface area contributed by atoms with E-state index < -0.39 is 0 Å². The highest BCUT2D eigenvalue weighted by Crippen LogP contribution is 2.20. The van der Waals surface area contributed by atoms with Gasteiger partial charge in [-0.3, -0.25) is 4.90 Å². The molecule has 1 unspecified atom stereocenters. The molecule has 0 amide bonds. The van der Waals surface area contributed by atoms with E-state index in [1.54, 1.807) is 0 Å². The Morgan fingerprint density at radius 3 is 3.19 bits per heavy atom. The van der Waals surface area contributed by atoms with Crippen LogP contribution in [0.2, 0.25) is 0 Å². The molecule has 0 aromatic heterocycles. The van der Waals surface area contributed by atoms with Gasteiger partial charge in [-0.1, -0.05) is 24.8 Å². The average molecular weight is 304 g/mol. The predicted octanol–water partition coefficient (Wildman–Crippen LogP) is 2.20. The molecule has 1 aliphatic heterocycles. The molecule has 1 aliphatic rings. The van der Waals surface area contributed by atoms with Crippen LogP contribution in [0, 0.1) is 11.8 Å². The molecule has 2 N–H and O–H groups in total. The van der Waals surface area contributed by atoms with Crippen LogP contribution in [0.4, 0.5) is 0 Å². The van der Waals surface area contributed by atoms with E-state index in [2.05, 4.69) is 35.4 Å². The zero-order chi connectivity index (χ0) is 14.9. The van der Waals surface area contributed by atoms with Crippen LogP contribution in [0.3, 0.4) is 0 Å². The number of ether oxygens (including phenoxy) is 1. The number of hydrogen-bond donors (Lipinski definition) is 1. The van der Waals surface area contributed by atoms with Crippen molar-refractivity contribution in [3.63, 3.8) is 0 Å². The van der Waals surface area contributed by atoms with Crippen molar-refractivity contribution in [2.75, 3.05) is 38.5 Å². The summed E-state index contributed by atoms with van der Waals surface area (Å²) in [5.74, 6) is 8.02. The lowest BCUT2D eigenvalue weighted by Crippen LogP contribution is -2.39. The minimum atomic E-state index is 0.386. The summed E-state index contributed by atoms with van der Waals surface area (Å²) in [5, 5.41) is 0.786. The standard InChI is InChI=1S/C17H24N2OS/c1-2-17-14-19(10-12-21-17)9-11-20-16-7-3-5-15(13-16)6-4-8-18/h3,5,7,13,17H,2,8-12,14,18H2,1H3. The van der Waals surface area contributed by atoms with E-state index in [4.69, 9.17) is 10.5 Å². The van der Waals surface area contributed by atoms with Gasteiger partial charge in [0.2, 0.25) is 0 Å². The lowest BCUT2D eigenvalue weighted by atomic mass is 10.2. The molecule has 1 saturated heterocycles. The van der Waals surface area contributed by atoms with E-state index in [0.717, 1.165) is 29.7 Å². The van der Waals surface area contributed by atoms with E-state index in [9.17, 15) is 0 Å². The SMILES string of the molecule is CCC1CN(CCOc2cccc(C#CCN)c2)CCS1. The number of nitrogens with two attached hydrogens (primary N) is 1. The van der Waals surface area contributed by atoms with Crippen molar-refractivity contribution < 1.29 is 4.74 Å². The normalized spacial score (nSPS) is 18.9. The number of hydrogen-bond acceptors (Lipinski definition) is 4. The molecule has 114 valence electrons. The molecule has 2 rings (SSSR count). The van der Waals surface area contributed by atoms with Crippen molar-refractivity contribution in [3.05, 3.63) is 29.8 Å². The van der Waals surface area contributed by atoms with E-state index in [1.807, 2.05) is 24.3 Å². The van der Waals surface area contributed by atoms with Gasteiger partial charge < -0.3 is 10.5 Å². The van der Waals surface area contributed by atoms with Gasteiger partial charge in [-0.2, -0.15) is 11.8 Å². The van der Waals surface area contributed by atoms with Gasteiger partial charge in [-0.25, -0.2) is 0 Å². The van der Waals surface area contributed by atoms with Crippen LogP contribution in [-0.2, 0) is 0 Å². The van der Waals surface area contributed by atoms with Gasteiger partial charge >= 0.3 is 0 Å². The van der Waals surface area contributed by atoms with Crippen LogP contribution in [0.5, 0.6) is 5.75 Å². The Balaban J connectivity index is 1.78. The first kappa shape index (κ1) is 16.2. The average Bonchev–Trinajstić information content (AvgIpc) is 2.53. The number of thioether (sulfide) groups is 1. The van der Waals surface area contributed by atoms with E-state index in [-0.39, 0.29) is 0 Å². The molecular formula is C17H24N2OS. The minimum Gasteiger partial charge on any atom is -0.492 e. The molecule has 1 aromatic carbocycles. The third-order valence-electron chi connectivity index (χ3n) is 3.52. The van der Waals surface area contributed by atoms with Crippen molar-refractivity contribution in [3.8, 4) is 17.6 Å². The summed E-state index contributed by atoms with van der Waals surface area (Å²) in [6, 6.07) is 7.90. The van der Waals surface area contributed by atoms with E-state index in [0.29, 0.717) is 6.54 Å². The van der Waals surface area contributed by atoms with Gasteiger partial charge in [0, 0.05) is 36.2 Å². The first-order valence-corrected chi connectivity index (χ1v) is 8.62. The van der Waals surface area contributed by atoms with E-state index in [1.165, 1.54) is 25.3 Å². The second-order valence-electron chi connectivity index (χ2n) is 5.08. The summed E-state index contributed by atoms with van der Waals surface area (Å²) in [4.78, 5) is 2.50. The van der Waals surface area contributed by atoms with E-state index >= 15 is 0 Å². The Morgan fingerprint density at radius 1 is 1.48 bits per heavy atom. The van der Waals surface area contributed by atoms with Gasteiger partial charge in [0.25, 0.3) is 0 Å². The fourth-order valence-corrected chi connectivity index (χ4v) is 3.59. The molecular weight excluding hydrogens is 280 g/mol.